The van der Waals surface area contributed by atoms with Gasteiger partial charge in [-0.1, -0.05) is 30.3 Å². The maximum absolute atomic E-state index is 12.7. The zero-order valence-corrected chi connectivity index (χ0v) is 13.9. The number of nitrogens with one attached hydrogen (secondary N) is 2. The molecule has 5 nitrogen and oxygen atoms in total. The number of H-pyrrole nitrogens is 1. The van der Waals surface area contributed by atoms with Crippen LogP contribution in [0.1, 0.15) is 28.9 Å². The number of rotatable bonds is 5. The zero-order chi connectivity index (χ0) is 17.1. The Balaban J connectivity index is 1.90. The molecule has 1 unspecified atom stereocenters. The minimum absolute atomic E-state index is 0.0798. The van der Waals surface area contributed by atoms with Gasteiger partial charge in [0.05, 0.1) is 31.3 Å². The Bertz CT molecular complexity index is 856. The Morgan fingerprint density at radius 1 is 1.08 bits per heavy atom. The lowest BCUT2D eigenvalue weighted by atomic mass is 10.1. The molecule has 0 fully saturated rings. The minimum Gasteiger partial charge on any atom is -0.493 e. The number of carbonyl (C=O) groups is 1. The van der Waals surface area contributed by atoms with Crippen molar-refractivity contribution in [2.45, 2.75) is 13.0 Å². The smallest absolute Gasteiger partial charge is 0.253 e. The highest BCUT2D eigenvalue weighted by Gasteiger charge is 2.17. The molecule has 0 saturated heterocycles. The van der Waals surface area contributed by atoms with Crippen molar-refractivity contribution >= 4 is 16.8 Å². The third-order valence-electron chi connectivity index (χ3n) is 4.08. The highest BCUT2D eigenvalue weighted by molar-refractivity contribution is 6.07. The first kappa shape index (κ1) is 15.9. The SMILES string of the molecule is COc1cc2[nH]cc(C(=O)NC(C)c3ccccc3)c2cc1OC. The van der Waals surface area contributed by atoms with Gasteiger partial charge in [0, 0.05) is 17.6 Å². The van der Waals surface area contributed by atoms with Crippen LogP contribution in [0.4, 0.5) is 0 Å². The van der Waals surface area contributed by atoms with Crippen molar-refractivity contribution in [2.24, 2.45) is 0 Å². The molecule has 0 bridgehead atoms. The number of hydrogen-bond donors (Lipinski definition) is 2. The van der Waals surface area contributed by atoms with Crippen LogP contribution in [0, 0.1) is 0 Å². The number of fused-ring (bicyclic) bond motifs is 1. The highest BCUT2D eigenvalue weighted by atomic mass is 16.5. The zero-order valence-electron chi connectivity index (χ0n) is 13.9. The van der Waals surface area contributed by atoms with Crippen molar-refractivity contribution < 1.29 is 14.3 Å². The van der Waals surface area contributed by atoms with Crippen LogP contribution < -0.4 is 14.8 Å². The third-order valence-corrected chi connectivity index (χ3v) is 4.08. The van der Waals surface area contributed by atoms with Gasteiger partial charge in [-0.15, -0.1) is 0 Å². The van der Waals surface area contributed by atoms with E-state index in [-0.39, 0.29) is 11.9 Å². The molecule has 0 aliphatic rings. The lowest BCUT2D eigenvalue weighted by Gasteiger charge is -2.14. The van der Waals surface area contributed by atoms with Gasteiger partial charge in [0.1, 0.15) is 0 Å². The van der Waals surface area contributed by atoms with Gasteiger partial charge < -0.3 is 19.8 Å². The van der Waals surface area contributed by atoms with E-state index in [0.717, 1.165) is 16.5 Å². The second kappa shape index (κ2) is 6.66. The molecule has 0 aliphatic carbocycles. The summed E-state index contributed by atoms with van der Waals surface area (Å²) in [6.07, 6.45) is 1.70. The fraction of sp³-hybridized carbons (Fsp3) is 0.211. The molecular formula is C19H20N2O3. The number of methoxy groups -OCH3 is 2. The summed E-state index contributed by atoms with van der Waals surface area (Å²) in [5.74, 6) is 1.08. The Morgan fingerprint density at radius 2 is 1.75 bits per heavy atom. The monoisotopic (exact) mass is 324 g/mol. The molecule has 1 heterocycles. The molecule has 0 spiro atoms. The van der Waals surface area contributed by atoms with Crippen LogP contribution in [-0.2, 0) is 0 Å². The number of aromatic nitrogens is 1. The minimum atomic E-state index is -0.134. The van der Waals surface area contributed by atoms with Gasteiger partial charge in [-0.05, 0) is 18.6 Å². The number of amides is 1. The van der Waals surface area contributed by atoms with E-state index in [1.54, 1.807) is 20.4 Å². The van der Waals surface area contributed by atoms with E-state index in [0.29, 0.717) is 17.1 Å². The van der Waals surface area contributed by atoms with Crippen molar-refractivity contribution in [3.05, 3.63) is 59.8 Å². The molecule has 2 N–H and O–H groups in total. The molecule has 0 radical (unpaired) electrons. The van der Waals surface area contributed by atoms with Crippen molar-refractivity contribution in [3.63, 3.8) is 0 Å². The van der Waals surface area contributed by atoms with Gasteiger partial charge in [-0.25, -0.2) is 0 Å². The Labute approximate surface area is 140 Å². The number of carbonyl (C=O) groups excluding carboxylic acids is 1. The molecule has 3 rings (SSSR count). The van der Waals surface area contributed by atoms with Crippen LogP contribution in [0.15, 0.2) is 48.7 Å². The Kier molecular flexibility index (Phi) is 4.42. The van der Waals surface area contributed by atoms with Gasteiger partial charge in [0.15, 0.2) is 11.5 Å². The van der Waals surface area contributed by atoms with Crippen LogP contribution in [0.25, 0.3) is 10.9 Å². The fourth-order valence-electron chi connectivity index (χ4n) is 2.74. The van der Waals surface area contributed by atoms with Crippen LogP contribution in [0.2, 0.25) is 0 Å². The summed E-state index contributed by atoms with van der Waals surface area (Å²) in [6.45, 7) is 1.96. The summed E-state index contributed by atoms with van der Waals surface area (Å²) < 4.78 is 10.6. The van der Waals surface area contributed by atoms with Crippen LogP contribution in [0.5, 0.6) is 11.5 Å². The van der Waals surface area contributed by atoms with Crippen LogP contribution in [0.3, 0.4) is 0 Å². The number of hydrogen-bond acceptors (Lipinski definition) is 3. The van der Waals surface area contributed by atoms with Crippen molar-refractivity contribution in [2.75, 3.05) is 14.2 Å². The second-order valence-electron chi connectivity index (χ2n) is 5.56. The van der Waals surface area contributed by atoms with E-state index in [9.17, 15) is 4.79 Å². The first-order valence-corrected chi connectivity index (χ1v) is 7.73. The van der Waals surface area contributed by atoms with Gasteiger partial charge in [-0.2, -0.15) is 0 Å². The van der Waals surface area contributed by atoms with E-state index >= 15 is 0 Å². The maximum Gasteiger partial charge on any atom is 0.253 e. The summed E-state index contributed by atoms with van der Waals surface area (Å²) >= 11 is 0. The lowest BCUT2D eigenvalue weighted by molar-refractivity contribution is 0.0941. The van der Waals surface area contributed by atoms with Gasteiger partial charge in [0.2, 0.25) is 0 Å². The van der Waals surface area contributed by atoms with Gasteiger partial charge in [0.25, 0.3) is 5.91 Å². The number of aromatic amines is 1. The van der Waals surface area contributed by atoms with Crippen LogP contribution in [-0.4, -0.2) is 25.1 Å². The second-order valence-corrected chi connectivity index (χ2v) is 5.56. The first-order chi connectivity index (χ1) is 11.6. The van der Waals surface area contributed by atoms with Crippen molar-refractivity contribution in [1.82, 2.24) is 10.3 Å². The molecule has 124 valence electrons. The van der Waals surface area contributed by atoms with Crippen LogP contribution >= 0.6 is 0 Å². The van der Waals surface area contributed by atoms with E-state index in [2.05, 4.69) is 10.3 Å². The molecule has 1 aromatic heterocycles. The quantitative estimate of drug-likeness (QED) is 0.752. The predicted molar refractivity (Wildman–Crippen MR) is 93.7 cm³/mol. The molecule has 0 aliphatic heterocycles. The average molecular weight is 324 g/mol. The van der Waals surface area contributed by atoms with Gasteiger partial charge in [-0.3, -0.25) is 4.79 Å². The van der Waals surface area contributed by atoms with Gasteiger partial charge >= 0.3 is 0 Å². The Hall–Kier alpha value is -2.95. The predicted octanol–water partition coefficient (Wildman–Crippen LogP) is 3.68. The highest BCUT2D eigenvalue weighted by Crippen LogP contribution is 2.33. The first-order valence-electron chi connectivity index (χ1n) is 7.73. The topological polar surface area (TPSA) is 63.4 Å². The largest absolute Gasteiger partial charge is 0.493 e. The molecular weight excluding hydrogens is 304 g/mol. The van der Waals surface area contributed by atoms with E-state index < -0.39 is 0 Å². The summed E-state index contributed by atoms with van der Waals surface area (Å²) in [4.78, 5) is 15.8. The normalized spacial score (nSPS) is 12.0. The molecule has 0 saturated carbocycles. The molecule has 2 aromatic carbocycles. The lowest BCUT2D eigenvalue weighted by Crippen LogP contribution is -2.26. The molecule has 3 aromatic rings. The molecule has 1 amide bonds. The maximum atomic E-state index is 12.7. The molecule has 24 heavy (non-hydrogen) atoms. The number of ether oxygens (including phenoxy) is 2. The summed E-state index contributed by atoms with van der Waals surface area (Å²) in [7, 11) is 3.16. The van der Waals surface area contributed by atoms with Crippen molar-refractivity contribution in [3.8, 4) is 11.5 Å². The number of benzene rings is 2. The van der Waals surface area contributed by atoms with E-state index in [1.165, 1.54) is 0 Å². The summed E-state index contributed by atoms with van der Waals surface area (Å²) in [5.41, 5.74) is 2.46. The summed E-state index contributed by atoms with van der Waals surface area (Å²) in [6, 6.07) is 13.4. The van der Waals surface area contributed by atoms with E-state index in [4.69, 9.17) is 9.47 Å². The average Bonchev–Trinajstić information content (AvgIpc) is 3.03. The van der Waals surface area contributed by atoms with E-state index in [1.807, 2.05) is 49.4 Å². The molecule has 5 heteroatoms. The summed E-state index contributed by atoms with van der Waals surface area (Å²) in [5, 5.41) is 3.82. The Morgan fingerprint density at radius 3 is 2.42 bits per heavy atom. The molecule has 1 atom stereocenters. The third kappa shape index (κ3) is 2.93. The fourth-order valence-corrected chi connectivity index (χ4v) is 2.74. The standard InChI is InChI=1S/C19H20N2O3/c1-12(13-7-5-4-6-8-13)21-19(22)15-11-20-16-10-18(24-3)17(23-2)9-14(15)16/h4-12,20H,1-3H3,(H,21,22). The van der Waals surface area contributed by atoms with Crippen molar-refractivity contribution in [1.29, 1.82) is 0 Å².